The summed E-state index contributed by atoms with van der Waals surface area (Å²) in [5, 5.41) is 20.0. The van der Waals surface area contributed by atoms with E-state index in [1.54, 1.807) is 0 Å². The van der Waals surface area contributed by atoms with Crippen LogP contribution in [0.15, 0.2) is 15.9 Å². The van der Waals surface area contributed by atoms with Crippen LogP contribution in [0.25, 0.3) is 11.2 Å². The maximum atomic E-state index is 12.4. The van der Waals surface area contributed by atoms with Crippen molar-refractivity contribution in [2.75, 3.05) is 6.61 Å². The number of fused-ring (bicyclic) bond motifs is 1. The molecular weight excluding hydrogens is 438 g/mol. The van der Waals surface area contributed by atoms with Crippen molar-refractivity contribution in [2.45, 2.75) is 24.5 Å². The number of phosphoric acid groups is 1. The van der Waals surface area contributed by atoms with Gasteiger partial charge in [0.25, 0.3) is 13.4 Å². The zero-order valence-electron chi connectivity index (χ0n) is 12.6. The number of H-pyrrole nitrogens is 1. The van der Waals surface area contributed by atoms with E-state index in [1.807, 2.05) is 0 Å². The molecule has 2 aromatic rings. The molecule has 0 amide bonds. The Kier molecular flexibility index (Phi) is 6.61. The van der Waals surface area contributed by atoms with E-state index >= 15 is 0 Å². The minimum Gasteiger partial charge on any atom is -0.756 e. The third-order valence-electron chi connectivity index (χ3n) is 3.42. The molecule has 4 N–H and O–H groups in total. The maximum Gasteiger partial charge on any atom is 1.00 e. The number of nitrogens with one attached hydrogen (secondary N) is 1. The molecule has 12 nitrogen and oxygen atoms in total. The van der Waals surface area contributed by atoms with Crippen LogP contribution in [0, 0.1) is 0 Å². The predicted octanol–water partition coefficient (Wildman–Crippen LogP) is -5.02. The Morgan fingerprint density at radius 1 is 1.48 bits per heavy atom. The first-order valence-corrected chi connectivity index (χ1v) is 8.78. The second kappa shape index (κ2) is 7.82. The quantitative estimate of drug-likeness (QED) is 0.200. The van der Waals surface area contributed by atoms with E-state index in [9.17, 15) is 24.5 Å². The van der Waals surface area contributed by atoms with Gasteiger partial charge < -0.3 is 34.2 Å². The fourth-order valence-corrected chi connectivity index (χ4v) is 3.02. The number of hydrogen-bond donors (Lipinski definition) is 4. The molecule has 132 valence electrons. The molecule has 2 aromatic heterocycles. The van der Waals surface area contributed by atoms with Crippen molar-refractivity contribution < 1.29 is 63.4 Å². The molecule has 1 unspecified atom stereocenters. The minimum absolute atomic E-state index is 0. The monoisotopic (exact) mass is 448 g/mol. The van der Waals surface area contributed by atoms with Gasteiger partial charge in [-0.1, -0.05) is 0 Å². The number of nitrogens with zero attached hydrogens (tertiary/aromatic N) is 3. The molecule has 0 bridgehead atoms. The first kappa shape index (κ1) is 21.1. The Hall–Kier alpha value is -0.180. The number of aromatic nitrogens is 4. The smallest absolute Gasteiger partial charge is 0.756 e. The van der Waals surface area contributed by atoms with Gasteiger partial charge in [-0.3, -0.25) is 13.9 Å². The van der Waals surface area contributed by atoms with Crippen molar-refractivity contribution in [3.8, 4) is 0 Å². The zero-order chi connectivity index (χ0) is 17.6. The van der Waals surface area contributed by atoms with Crippen LogP contribution in [0.2, 0.25) is 0 Å². The second-order valence-corrected chi connectivity index (χ2v) is 6.94. The van der Waals surface area contributed by atoms with Gasteiger partial charge in [-0.15, -0.1) is 0 Å². The van der Waals surface area contributed by atoms with Gasteiger partial charge in [0.15, 0.2) is 22.1 Å². The Balaban J connectivity index is 0.00000225. The van der Waals surface area contributed by atoms with Gasteiger partial charge in [0.05, 0.1) is 6.61 Å². The maximum absolute atomic E-state index is 12.4. The van der Waals surface area contributed by atoms with Gasteiger partial charge in [0.2, 0.25) is 0 Å². The summed E-state index contributed by atoms with van der Waals surface area (Å²) in [7, 11) is -5.02. The van der Waals surface area contributed by atoms with E-state index in [1.165, 1.54) is 0 Å². The number of hydrogen-bond acceptors (Lipinski definition) is 9. The van der Waals surface area contributed by atoms with Gasteiger partial charge in [-0.25, -0.2) is 9.97 Å². The Bertz CT molecular complexity index is 870. The molecule has 3 heterocycles. The van der Waals surface area contributed by atoms with E-state index < -0.39 is 44.5 Å². The van der Waals surface area contributed by atoms with Gasteiger partial charge in [0.1, 0.15) is 24.6 Å². The number of aliphatic hydroxyl groups is 2. The summed E-state index contributed by atoms with van der Waals surface area (Å²) in [6.45, 7) is -0.730. The fraction of sp³-hybridized carbons (Fsp3) is 0.500. The van der Waals surface area contributed by atoms with Crippen molar-refractivity contribution in [1.82, 2.24) is 19.5 Å². The molecule has 1 aliphatic rings. The van der Waals surface area contributed by atoms with Crippen LogP contribution in [-0.4, -0.2) is 59.5 Å². The normalized spacial score (nSPS) is 28.7. The summed E-state index contributed by atoms with van der Waals surface area (Å²) in [6.07, 6.45) is -4.63. The average molecular weight is 449 g/mol. The van der Waals surface area contributed by atoms with E-state index in [-0.39, 0.29) is 45.5 Å². The van der Waals surface area contributed by atoms with Crippen molar-refractivity contribution in [2.24, 2.45) is 0 Å². The van der Waals surface area contributed by atoms with Crippen LogP contribution in [0.5, 0.6) is 0 Å². The standard InChI is InChI=1S/C10H12BrN4O8P.Na/c11-10-13-4-7(14-10)12-2-15(8(4)18)9-6(17)5(16)3(23-9)1-22-24(19,20)21;/h2-3,5-6,9,16-17H,1H2,(H,13,14)(H2,19,20,21);/q;+1/p-1/t3-,5-,6-,9-;/m1./s1. The molecule has 1 fully saturated rings. The molecule has 5 atom stereocenters. The van der Waals surface area contributed by atoms with Crippen molar-refractivity contribution in [3.05, 3.63) is 21.4 Å². The number of halogens is 1. The van der Waals surface area contributed by atoms with Crippen molar-refractivity contribution >= 4 is 34.9 Å². The number of aliphatic hydroxyl groups excluding tert-OH is 2. The summed E-state index contributed by atoms with van der Waals surface area (Å²) < 4.78 is 21.3. The molecule has 0 aromatic carbocycles. The molecule has 0 spiro atoms. The van der Waals surface area contributed by atoms with Gasteiger partial charge in [-0.2, -0.15) is 0 Å². The largest absolute Gasteiger partial charge is 1.00 e. The molecule has 15 heteroatoms. The van der Waals surface area contributed by atoms with Gasteiger partial charge in [-0.05, 0) is 15.9 Å². The number of aromatic amines is 1. The summed E-state index contributed by atoms with van der Waals surface area (Å²) in [6, 6.07) is 0. The van der Waals surface area contributed by atoms with Gasteiger partial charge in [0, 0.05) is 0 Å². The van der Waals surface area contributed by atoms with E-state index in [4.69, 9.17) is 9.63 Å². The second-order valence-electron chi connectivity index (χ2n) is 4.99. The topological polar surface area (TPSA) is 183 Å². The van der Waals surface area contributed by atoms with Crippen LogP contribution < -0.4 is 40.0 Å². The van der Waals surface area contributed by atoms with Crippen molar-refractivity contribution in [1.29, 1.82) is 0 Å². The molecule has 1 saturated heterocycles. The summed E-state index contributed by atoms with van der Waals surface area (Å²) >= 11 is 3.07. The summed E-state index contributed by atoms with van der Waals surface area (Å²) in [5.74, 6) is 0. The zero-order valence-corrected chi connectivity index (χ0v) is 17.1. The number of phosphoric ester groups is 1. The molecular formula is C10H11BrN4NaO8P. The predicted molar refractivity (Wildman–Crippen MR) is 77.5 cm³/mol. The van der Waals surface area contributed by atoms with Crippen LogP contribution in [0.1, 0.15) is 6.23 Å². The molecule has 3 rings (SSSR count). The summed E-state index contributed by atoms with van der Waals surface area (Å²) in [4.78, 5) is 42.1. The third kappa shape index (κ3) is 4.39. The first-order valence-electron chi connectivity index (χ1n) is 6.49. The van der Waals surface area contributed by atoms with Crippen molar-refractivity contribution in [3.63, 3.8) is 0 Å². The average Bonchev–Trinajstić information content (AvgIpc) is 2.99. The molecule has 1 aliphatic heterocycles. The molecule has 0 saturated carbocycles. The van der Waals surface area contributed by atoms with E-state index in [2.05, 4.69) is 35.4 Å². The van der Waals surface area contributed by atoms with Crippen LogP contribution in [0.4, 0.5) is 0 Å². The molecule has 25 heavy (non-hydrogen) atoms. The molecule has 0 aliphatic carbocycles. The molecule has 0 radical (unpaired) electrons. The Morgan fingerprint density at radius 3 is 2.80 bits per heavy atom. The van der Waals surface area contributed by atoms with E-state index in [0.717, 1.165) is 10.9 Å². The third-order valence-corrected chi connectivity index (χ3v) is 4.27. The van der Waals surface area contributed by atoms with E-state index in [0.29, 0.717) is 0 Å². The van der Waals surface area contributed by atoms with Gasteiger partial charge >= 0.3 is 29.6 Å². The van der Waals surface area contributed by atoms with Crippen LogP contribution in [-0.2, 0) is 13.8 Å². The minimum atomic E-state index is -5.02. The van der Waals surface area contributed by atoms with Crippen LogP contribution >= 0.6 is 23.8 Å². The SMILES string of the molecule is O=c1c2[nH]c(Br)nc2ncn1[C@@H]1O[C@H](COP(=O)([O-])O)[C@@H](O)[C@H]1O.[Na+]. The number of rotatable bonds is 4. The van der Waals surface area contributed by atoms with Crippen LogP contribution in [0.3, 0.4) is 0 Å². The number of ether oxygens (including phenoxy) is 1. The Labute approximate surface area is 169 Å². The fourth-order valence-electron chi connectivity index (χ4n) is 2.32. The first-order chi connectivity index (χ1) is 11.2. The Morgan fingerprint density at radius 2 is 2.16 bits per heavy atom. The number of imidazole rings is 1. The summed E-state index contributed by atoms with van der Waals surface area (Å²) in [5.41, 5.74) is -0.426.